The molecule has 1 N–H and O–H groups in total. The average Bonchev–Trinajstić information content (AvgIpc) is 2.88. The van der Waals surface area contributed by atoms with Gasteiger partial charge in [0, 0.05) is 25.3 Å². The normalized spacial score (nSPS) is 19.1. The molecule has 0 aliphatic carbocycles. The number of oxazole rings is 1. The molecule has 1 aliphatic heterocycles. The average molecular weight is 277 g/mol. The first-order valence-electron chi connectivity index (χ1n) is 6.59. The number of benzene rings is 1. The molecule has 0 saturated carbocycles. The Morgan fingerprint density at radius 1 is 1.50 bits per heavy atom. The predicted octanol–water partition coefficient (Wildman–Crippen LogP) is 2.57. The fraction of sp³-hybridized carbons (Fsp3) is 0.462. The van der Waals surface area contributed by atoms with E-state index in [2.05, 4.69) is 10.3 Å². The fourth-order valence-electron chi connectivity index (χ4n) is 2.31. The number of fused-ring (bicyclic) bond motifs is 1. The van der Waals surface area contributed by atoms with Crippen LogP contribution >= 0.6 is 0 Å². The SMILES string of the molecule is O=[N+]([O-])c1ccc2oc(NCC3CCCOC3)nc2c1. The van der Waals surface area contributed by atoms with Gasteiger partial charge < -0.3 is 14.5 Å². The van der Waals surface area contributed by atoms with Gasteiger partial charge in [0.1, 0.15) is 5.52 Å². The van der Waals surface area contributed by atoms with Gasteiger partial charge in [0.2, 0.25) is 0 Å². The Morgan fingerprint density at radius 3 is 3.15 bits per heavy atom. The highest BCUT2D eigenvalue weighted by atomic mass is 16.6. The summed E-state index contributed by atoms with van der Waals surface area (Å²) in [6.45, 7) is 2.32. The van der Waals surface area contributed by atoms with E-state index >= 15 is 0 Å². The maximum absolute atomic E-state index is 10.7. The van der Waals surface area contributed by atoms with Crippen molar-refractivity contribution in [2.75, 3.05) is 25.1 Å². The molecule has 1 aliphatic rings. The van der Waals surface area contributed by atoms with Crippen LogP contribution in [0.4, 0.5) is 11.7 Å². The maximum Gasteiger partial charge on any atom is 0.295 e. The summed E-state index contributed by atoms with van der Waals surface area (Å²) in [7, 11) is 0. The fourth-order valence-corrected chi connectivity index (χ4v) is 2.31. The first-order chi connectivity index (χ1) is 9.72. The summed E-state index contributed by atoms with van der Waals surface area (Å²) in [6.07, 6.45) is 2.20. The minimum Gasteiger partial charge on any atom is -0.424 e. The summed E-state index contributed by atoms with van der Waals surface area (Å²) in [5.41, 5.74) is 1.04. The summed E-state index contributed by atoms with van der Waals surface area (Å²) in [4.78, 5) is 14.5. The van der Waals surface area contributed by atoms with Crippen LogP contribution in [0.15, 0.2) is 22.6 Å². The molecule has 1 saturated heterocycles. The van der Waals surface area contributed by atoms with Crippen LogP contribution in [0.25, 0.3) is 11.1 Å². The summed E-state index contributed by atoms with van der Waals surface area (Å²) in [5, 5.41) is 13.8. The molecule has 106 valence electrons. The van der Waals surface area contributed by atoms with Crippen molar-refractivity contribution < 1.29 is 14.1 Å². The Morgan fingerprint density at radius 2 is 2.40 bits per heavy atom. The Kier molecular flexibility index (Phi) is 3.51. The molecule has 3 rings (SSSR count). The molecule has 1 atom stereocenters. The van der Waals surface area contributed by atoms with Crippen LogP contribution in [0.1, 0.15) is 12.8 Å². The highest BCUT2D eigenvalue weighted by Gasteiger charge is 2.15. The minimum absolute atomic E-state index is 0.0121. The van der Waals surface area contributed by atoms with Crippen molar-refractivity contribution in [2.24, 2.45) is 5.92 Å². The van der Waals surface area contributed by atoms with Crippen LogP contribution in [0, 0.1) is 16.0 Å². The highest BCUT2D eigenvalue weighted by Crippen LogP contribution is 2.24. The molecule has 0 bridgehead atoms. The Labute approximate surface area is 115 Å². The van der Waals surface area contributed by atoms with Gasteiger partial charge in [-0.05, 0) is 24.8 Å². The number of hydrogen-bond acceptors (Lipinski definition) is 6. The van der Waals surface area contributed by atoms with Crippen molar-refractivity contribution in [3.63, 3.8) is 0 Å². The highest BCUT2D eigenvalue weighted by molar-refractivity contribution is 5.77. The van der Waals surface area contributed by atoms with Crippen molar-refractivity contribution in [2.45, 2.75) is 12.8 Å². The molecule has 1 aromatic carbocycles. The maximum atomic E-state index is 10.7. The lowest BCUT2D eigenvalue weighted by Gasteiger charge is -2.21. The predicted molar refractivity (Wildman–Crippen MR) is 72.7 cm³/mol. The van der Waals surface area contributed by atoms with Gasteiger partial charge in [-0.25, -0.2) is 0 Å². The topological polar surface area (TPSA) is 90.4 Å². The van der Waals surface area contributed by atoms with Gasteiger partial charge in [-0.1, -0.05) is 0 Å². The van der Waals surface area contributed by atoms with Crippen LogP contribution in [0.2, 0.25) is 0 Å². The first-order valence-corrected chi connectivity index (χ1v) is 6.59. The monoisotopic (exact) mass is 277 g/mol. The number of aromatic nitrogens is 1. The molecule has 7 nitrogen and oxygen atoms in total. The van der Waals surface area contributed by atoms with E-state index in [1.807, 2.05) is 0 Å². The molecule has 2 heterocycles. The lowest BCUT2D eigenvalue weighted by atomic mass is 10.0. The summed E-state index contributed by atoms with van der Waals surface area (Å²) >= 11 is 0. The smallest absolute Gasteiger partial charge is 0.295 e. The summed E-state index contributed by atoms with van der Waals surface area (Å²) in [6, 6.07) is 4.78. The third-order valence-electron chi connectivity index (χ3n) is 3.38. The molecule has 2 aromatic rings. The van der Waals surface area contributed by atoms with E-state index in [0.717, 1.165) is 32.6 Å². The van der Waals surface area contributed by atoms with Crippen molar-refractivity contribution in [1.29, 1.82) is 0 Å². The minimum atomic E-state index is -0.444. The zero-order valence-corrected chi connectivity index (χ0v) is 10.9. The van der Waals surface area contributed by atoms with Gasteiger partial charge in [0.25, 0.3) is 11.7 Å². The molecule has 0 radical (unpaired) electrons. The second-order valence-corrected chi connectivity index (χ2v) is 4.89. The second kappa shape index (κ2) is 5.46. The molecule has 7 heteroatoms. The molecule has 1 fully saturated rings. The van der Waals surface area contributed by atoms with E-state index in [1.54, 1.807) is 6.07 Å². The number of anilines is 1. The largest absolute Gasteiger partial charge is 0.424 e. The number of nitrogens with zero attached hydrogens (tertiary/aromatic N) is 2. The van der Waals surface area contributed by atoms with Crippen molar-refractivity contribution in [3.8, 4) is 0 Å². The number of nitrogens with one attached hydrogen (secondary N) is 1. The lowest BCUT2D eigenvalue weighted by molar-refractivity contribution is -0.384. The van der Waals surface area contributed by atoms with Gasteiger partial charge in [-0.15, -0.1) is 0 Å². The Balaban J connectivity index is 1.70. The molecular formula is C13H15N3O4. The number of non-ortho nitro benzene ring substituents is 1. The summed E-state index contributed by atoms with van der Waals surface area (Å²) < 4.78 is 10.9. The van der Waals surface area contributed by atoms with Crippen LogP contribution in [-0.2, 0) is 4.74 Å². The molecule has 1 unspecified atom stereocenters. The van der Waals surface area contributed by atoms with Crippen LogP contribution < -0.4 is 5.32 Å². The third-order valence-corrected chi connectivity index (χ3v) is 3.38. The summed E-state index contributed by atoms with van der Waals surface area (Å²) in [5.74, 6) is 0.452. The van der Waals surface area contributed by atoms with Gasteiger partial charge in [-0.2, -0.15) is 4.98 Å². The molecule has 20 heavy (non-hydrogen) atoms. The number of ether oxygens (including phenoxy) is 1. The van der Waals surface area contributed by atoms with Gasteiger partial charge >= 0.3 is 0 Å². The van der Waals surface area contributed by atoms with E-state index in [-0.39, 0.29) is 5.69 Å². The zero-order chi connectivity index (χ0) is 13.9. The molecule has 0 spiro atoms. The Hall–Kier alpha value is -2.15. The third kappa shape index (κ3) is 2.72. The van der Waals surface area contributed by atoms with Gasteiger partial charge in [0.05, 0.1) is 11.5 Å². The quantitative estimate of drug-likeness (QED) is 0.682. The van der Waals surface area contributed by atoms with Crippen LogP contribution in [0.5, 0.6) is 0 Å². The van der Waals surface area contributed by atoms with E-state index in [1.165, 1.54) is 12.1 Å². The van der Waals surface area contributed by atoms with Crippen molar-refractivity contribution in [3.05, 3.63) is 28.3 Å². The second-order valence-electron chi connectivity index (χ2n) is 4.89. The molecule has 1 aromatic heterocycles. The standard InChI is InChI=1S/C13H15N3O4/c17-16(18)10-3-4-12-11(6-10)15-13(20-12)14-7-9-2-1-5-19-8-9/h3-4,6,9H,1-2,5,7-8H2,(H,14,15). The number of rotatable bonds is 4. The van der Waals surface area contributed by atoms with Crippen LogP contribution in [0.3, 0.4) is 0 Å². The van der Waals surface area contributed by atoms with Gasteiger partial charge in [-0.3, -0.25) is 10.1 Å². The van der Waals surface area contributed by atoms with E-state index < -0.39 is 4.92 Å². The number of hydrogen-bond donors (Lipinski definition) is 1. The van der Waals surface area contributed by atoms with E-state index in [0.29, 0.717) is 23.0 Å². The lowest BCUT2D eigenvalue weighted by Crippen LogP contribution is -2.24. The molecular weight excluding hydrogens is 262 g/mol. The van der Waals surface area contributed by atoms with E-state index in [4.69, 9.17) is 9.15 Å². The van der Waals surface area contributed by atoms with E-state index in [9.17, 15) is 10.1 Å². The number of nitro benzene ring substituents is 1. The Bertz CT molecular complexity index is 619. The van der Waals surface area contributed by atoms with Crippen molar-refractivity contribution in [1.82, 2.24) is 4.98 Å². The van der Waals surface area contributed by atoms with Gasteiger partial charge in [0.15, 0.2) is 5.58 Å². The first kappa shape index (κ1) is 12.9. The van der Waals surface area contributed by atoms with Crippen molar-refractivity contribution >= 4 is 22.8 Å². The molecule has 0 amide bonds. The number of nitro groups is 1. The zero-order valence-electron chi connectivity index (χ0n) is 10.9. The van der Waals surface area contributed by atoms with Crippen LogP contribution in [-0.4, -0.2) is 29.7 Å².